The first-order valence-corrected chi connectivity index (χ1v) is 10.1. The van der Waals surface area contributed by atoms with Gasteiger partial charge < -0.3 is 10.2 Å². The number of alkyl halides is 3. The molecule has 2 aliphatic rings. The molecule has 2 saturated heterocycles. The Morgan fingerprint density at radius 1 is 1.09 bits per heavy atom. The van der Waals surface area contributed by atoms with Crippen molar-refractivity contribution in [2.24, 2.45) is 0 Å². The van der Waals surface area contributed by atoms with Crippen LogP contribution in [0.5, 0.6) is 0 Å². The summed E-state index contributed by atoms with van der Waals surface area (Å²) in [5, 5.41) is 11.2. The maximum atomic E-state index is 14.8. The third-order valence-corrected chi connectivity index (χ3v) is 6.04. The van der Waals surface area contributed by atoms with Gasteiger partial charge in [-0.25, -0.2) is 9.37 Å². The van der Waals surface area contributed by atoms with Gasteiger partial charge in [-0.3, -0.25) is 4.79 Å². The molecular weight excluding hydrogens is 428 g/mol. The fourth-order valence-electron chi connectivity index (χ4n) is 4.66. The first-order chi connectivity index (χ1) is 15.3. The van der Waals surface area contributed by atoms with Crippen molar-refractivity contribution < 1.29 is 22.4 Å². The summed E-state index contributed by atoms with van der Waals surface area (Å²) in [5.74, 6) is -0.812. The van der Waals surface area contributed by atoms with E-state index in [-0.39, 0.29) is 29.4 Å². The molecule has 2 aliphatic heterocycles. The van der Waals surface area contributed by atoms with E-state index < -0.39 is 23.5 Å². The summed E-state index contributed by atoms with van der Waals surface area (Å²) in [5.41, 5.74) is -0.679. The fraction of sp³-hybridized carbons (Fsp3) is 0.333. The smallest absolute Gasteiger partial charge is 0.365 e. The molecule has 0 radical (unpaired) electrons. The van der Waals surface area contributed by atoms with Crippen LogP contribution in [0, 0.1) is 5.82 Å². The van der Waals surface area contributed by atoms with Crippen molar-refractivity contribution in [2.75, 3.05) is 5.32 Å². The van der Waals surface area contributed by atoms with Crippen molar-refractivity contribution in [3.05, 3.63) is 65.9 Å². The van der Waals surface area contributed by atoms with Gasteiger partial charge in [-0.1, -0.05) is 6.07 Å². The molecule has 0 unspecified atom stereocenters. The van der Waals surface area contributed by atoms with E-state index in [2.05, 4.69) is 20.5 Å². The number of hydrogen-bond acceptors (Lipinski definition) is 5. The molecule has 2 fully saturated rings. The second-order valence-electron chi connectivity index (χ2n) is 7.88. The number of benzene rings is 1. The van der Waals surface area contributed by atoms with E-state index in [1.165, 1.54) is 35.4 Å². The van der Waals surface area contributed by atoms with Crippen molar-refractivity contribution in [1.82, 2.24) is 24.9 Å². The monoisotopic (exact) mass is 446 g/mol. The lowest BCUT2D eigenvalue weighted by Crippen LogP contribution is -2.40. The summed E-state index contributed by atoms with van der Waals surface area (Å²) >= 11 is 0. The fourth-order valence-corrected chi connectivity index (χ4v) is 4.66. The molecule has 32 heavy (non-hydrogen) atoms. The largest absolute Gasteiger partial charge is 0.417 e. The first kappa shape index (κ1) is 20.4. The molecular formula is C21H18F4N6O. The molecule has 2 aromatic heterocycles. The molecule has 1 N–H and O–H groups in total. The third-order valence-electron chi connectivity index (χ3n) is 6.04. The molecule has 3 atom stereocenters. The minimum Gasteiger partial charge on any atom is -0.365 e. The molecule has 1 amide bonds. The Morgan fingerprint density at radius 3 is 2.56 bits per heavy atom. The van der Waals surface area contributed by atoms with Crippen LogP contribution in [-0.4, -0.2) is 48.9 Å². The minimum absolute atomic E-state index is 0.0996. The standard InChI is InChI=1S/C21H18F4N6O/c22-14-2-1-3-17(31-27-8-9-28-31)19(14)20(32)30-13-5-6-16(30)15(10-13)29-18-7-4-12(11-26-18)21(23,24)25/h1-4,7-9,11,13,15-16H,5-6,10H2,(H,26,29)/t13-,15-,16+/m1/s1. The number of aromatic nitrogens is 4. The second kappa shape index (κ2) is 7.57. The Labute approximate surface area is 180 Å². The van der Waals surface area contributed by atoms with Gasteiger partial charge in [-0.05, 0) is 43.5 Å². The molecule has 5 rings (SSSR count). The third kappa shape index (κ3) is 3.47. The summed E-state index contributed by atoms with van der Waals surface area (Å²) in [6.07, 6.45) is 1.29. The molecule has 7 nitrogen and oxygen atoms in total. The number of nitrogens with one attached hydrogen (secondary N) is 1. The van der Waals surface area contributed by atoms with Gasteiger partial charge in [0.15, 0.2) is 0 Å². The predicted octanol–water partition coefficient (Wildman–Crippen LogP) is 3.68. The van der Waals surface area contributed by atoms with Crippen LogP contribution in [0.4, 0.5) is 23.4 Å². The lowest BCUT2D eigenvalue weighted by molar-refractivity contribution is -0.137. The first-order valence-electron chi connectivity index (χ1n) is 10.1. The Kier molecular flexibility index (Phi) is 4.83. The summed E-state index contributed by atoms with van der Waals surface area (Å²) in [6.45, 7) is 0. The highest BCUT2D eigenvalue weighted by Crippen LogP contribution is 2.41. The number of nitrogens with zero attached hydrogens (tertiary/aromatic N) is 5. The van der Waals surface area contributed by atoms with Crippen LogP contribution in [0.3, 0.4) is 0 Å². The molecule has 2 bridgehead atoms. The molecule has 4 heterocycles. The SMILES string of the molecule is O=C(c1c(F)cccc1-n1nccn1)N1[C@@H]2CC[C@H]1[C@H](Nc1ccc(C(F)(F)F)cn1)C2. The van der Waals surface area contributed by atoms with E-state index in [0.29, 0.717) is 18.7 Å². The zero-order chi connectivity index (χ0) is 22.5. The zero-order valence-corrected chi connectivity index (χ0v) is 16.6. The Hall–Kier alpha value is -3.50. The highest BCUT2D eigenvalue weighted by atomic mass is 19.4. The summed E-state index contributed by atoms with van der Waals surface area (Å²) < 4.78 is 53.1. The lowest BCUT2D eigenvalue weighted by Gasteiger charge is -2.26. The van der Waals surface area contributed by atoms with E-state index in [1.807, 2.05) is 0 Å². The van der Waals surface area contributed by atoms with Crippen molar-refractivity contribution in [3.63, 3.8) is 0 Å². The second-order valence-corrected chi connectivity index (χ2v) is 7.88. The highest BCUT2D eigenvalue weighted by Gasteiger charge is 2.49. The molecule has 0 aliphatic carbocycles. The average Bonchev–Trinajstić information content (AvgIpc) is 3.49. The Morgan fingerprint density at radius 2 is 1.88 bits per heavy atom. The van der Waals surface area contributed by atoms with Gasteiger partial charge in [0.05, 0.1) is 24.0 Å². The highest BCUT2D eigenvalue weighted by molar-refractivity contribution is 5.99. The normalized spacial score (nSPS) is 22.4. The van der Waals surface area contributed by atoms with Gasteiger partial charge in [0, 0.05) is 18.3 Å². The number of carbonyl (C=O) groups excluding carboxylic acids is 1. The van der Waals surface area contributed by atoms with E-state index in [1.54, 1.807) is 11.0 Å². The maximum absolute atomic E-state index is 14.8. The van der Waals surface area contributed by atoms with Gasteiger partial charge in [-0.2, -0.15) is 28.2 Å². The molecule has 3 aromatic rings. The van der Waals surface area contributed by atoms with Crippen LogP contribution in [0.2, 0.25) is 0 Å². The average molecular weight is 446 g/mol. The summed E-state index contributed by atoms with van der Waals surface area (Å²) in [7, 11) is 0. The molecule has 1 aromatic carbocycles. The number of amides is 1. The predicted molar refractivity (Wildman–Crippen MR) is 106 cm³/mol. The van der Waals surface area contributed by atoms with Gasteiger partial charge >= 0.3 is 6.18 Å². The minimum atomic E-state index is -4.46. The lowest BCUT2D eigenvalue weighted by atomic mass is 9.95. The van der Waals surface area contributed by atoms with Crippen LogP contribution >= 0.6 is 0 Å². The van der Waals surface area contributed by atoms with E-state index in [4.69, 9.17) is 0 Å². The van der Waals surface area contributed by atoms with Crippen LogP contribution in [0.25, 0.3) is 5.69 Å². The van der Waals surface area contributed by atoms with E-state index in [0.717, 1.165) is 18.7 Å². The number of halogens is 4. The summed E-state index contributed by atoms with van der Waals surface area (Å²) in [4.78, 5) is 20.2. The molecule has 166 valence electrons. The Bertz CT molecular complexity index is 1130. The van der Waals surface area contributed by atoms with E-state index >= 15 is 0 Å². The van der Waals surface area contributed by atoms with Gasteiger partial charge in [-0.15, -0.1) is 0 Å². The van der Waals surface area contributed by atoms with Crippen molar-refractivity contribution in [3.8, 4) is 5.69 Å². The van der Waals surface area contributed by atoms with Crippen molar-refractivity contribution in [2.45, 2.75) is 43.6 Å². The van der Waals surface area contributed by atoms with Gasteiger partial charge in [0.1, 0.15) is 22.9 Å². The molecule has 11 heteroatoms. The quantitative estimate of drug-likeness (QED) is 0.619. The van der Waals surface area contributed by atoms with Gasteiger partial charge in [0.25, 0.3) is 5.91 Å². The number of anilines is 1. The maximum Gasteiger partial charge on any atom is 0.417 e. The summed E-state index contributed by atoms with van der Waals surface area (Å²) in [6, 6.07) is 6.01. The van der Waals surface area contributed by atoms with Crippen LogP contribution < -0.4 is 5.32 Å². The van der Waals surface area contributed by atoms with Crippen molar-refractivity contribution in [1.29, 1.82) is 0 Å². The Balaban J connectivity index is 1.39. The van der Waals surface area contributed by atoms with Crippen molar-refractivity contribution >= 4 is 11.7 Å². The molecule has 0 spiro atoms. The zero-order valence-electron chi connectivity index (χ0n) is 16.6. The number of carbonyl (C=O) groups is 1. The number of fused-ring (bicyclic) bond motifs is 2. The van der Waals surface area contributed by atoms with E-state index in [9.17, 15) is 22.4 Å². The number of pyridine rings is 1. The van der Waals surface area contributed by atoms with Crippen LogP contribution in [0.1, 0.15) is 35.2 Å². The topological polar surface area (TPSA) is 75.9 Å². The number of hydrogen-bond donors (Lipinski definition) is 1. The van der Waals surface area contributed by atoms with Gasteiger partial charge in [0.2, 0.25) is 0 Å². The molecule has 0 saturated carbocycles. The number of rotatable bonds is 4. The van der Waals surface area contributed by atoms with Crippen LogP contribution in [-0.2, 0) is 6.18 Å². The van der Waals surface area contributed by atoms with Crippen LogP contribution in [0.15, 0.2) is 48.9 Å².